The molecule has 0 bridgehead atoms. The number of nitrogens with one attached hydrogen (secondary N) is 1. The second kappa shape index (κ2) is 8.99. The van der Waals surface area contributed by atoms with Gasteiger partial charge in [-0.25, -0.2) is 18.5 Å². The molecule has 0 saturated carbocycles. The SMILES string of the molecule is NS(=O)(=O)c1ccc(C(=O)Nc2nc(C(=O)N3CCC(CCO)CC3)cs2)cc1. The zero-order valence-electron chi connectivity index (χ0n) is 15.6. The van der Waals surface area contributed by atoms with Gasteiger partial charge in [-0.3, -0.25) is 14.9 Å². The Labute approximate surface area is 172 Å². The monoisotopic (exact) mass is 438 g/mol. The van der Waals surface area contributed by atoms with Crippen LogP contribution in [-0.4, -0.2) is 54.9 Å². The van der Waals surface area contributed by atoms with Crippen LogP contribution >= 0.6 is 11.3 Å². The highest BCUT2D eigenvalue weighted by atomic mass is 32.2. The van der Waals surface area contributed by atoms with Crippen LogP contribution in [0.3, 0.4) is 0 Å². The Kier molecular flexibility index (Phi) is 6.63. The number of rotatable bonds is 6. The number of carbonyl (C=O) groups is 2. The summed E-state index contributed by atoms with van der Waals surface area (Å²) in [6, 6.07) is 5.21. The van der Waals surface area contributed by atoms with Crippen molar-refractivity contribution in [3.63, 3.8) is 0 Å². The van der Waals surface area contributed by atoms with Gasteiger partial charge >= 0.3 is 0 Å². The number of aliphatic hydroxyl groups is 1. The molecule has 3 rings (SSSR count). The van der Waals surface area contributed by atoms with E-state index in [2.05, 4.69) is 10.3 Å². The van der Waals surface area contributed by atoms with Gasteiger partial charge in [0.05, 0.1) is 4.90 Å². The fourth-order valence-electron chi connectivity index (χ4n) is 3.16. The van der Waals surface area contributed by atoms with Gasteiger partial charge in [0.1, 0.15) is 5.69 Å². The number of hydrogen-bond acceptors (Lipinski definition) is 7. The third-order valence-electron chi connectivity index (χ3n) is 4.83. The summed E-state index contributed by atoms with van der Waals surface area (Å²) in [6.45, 7) is 1.41. The number of anilines is 1. The number of thiazole rings is 1. The number of nitrogens with zero attached hydrogens (tertiary/aromatic N) is 2. The van der Waals surface area contributed by atoms with E-state index in [1.165, 1.54) is 24.3 Å². The van der Waals surface area contributed by atoms with E-state index in [-0.39, 0.29) is 33.8 Å². The summed E-state index contributed by atoms with van der Waals surface area (Å²) >= 11 is 1.14. The molecule has 0 unspecified atom stereocenters. The molecule has 11 heteroatoms. The molecule has 4 N–H and O–H groups in total. The Balaban J connectivity index is 1.60. The molecule has 1 aromatic heterocycles. The topological polar surface area (TPSA) is 143 Å². The van der Waals surface area contributed by atoms with E-state index in [4.69, 9.17) is 10.2 Å². The predicted octanol–water partition coefficient (Wildman–Crippen LogP) is 1.28. The number of likely N-dealkylation sites (tertiary alicyclic amines) is 1. The number of piperidine rings is 1. The van der Waals surface area contributed by atoms with Crippen molar-refractivity contribution in [1.29, 1.82) is 0 Å². The third kappa shape index (κ3) is 5.38. The van der Waals surface area contributed by atoms with Crippen molar-refractivity contribution in [2.45, 2.75) is 24.2 Å². The number of sulfonamides is 1. The molecular weight excluding hydrogens is 416 g/mol. The molecule has 0 aliphatic carbocycles. The lowest BCUT2D eigenvalue weighted by Gasteiger charge is -2.31. The van der Waals surface area contributed by atoms with Gasteiger partial charge in [-0.05, 0) is 49.4 Å². The van der Waals surface area contributed by atoms with Crippen LogP contribution in [0.2, 0.25) is 0 Å². The molecular formula is C18H22N4O5S2. The Morgan fingerprint density at radius 1 is 1.24 bits per heavy atom. The molecule has 2 amide bonds. The lowest BCUT2D eigenvalue weighted by molar-refractivity contribution is 0.0672. The smallest absolute Gasteiger partial charge is 0.273 e. The first-order valence-electron chi connectivity index (χ1n) is 9.08. The maximum absolute atomic E-state index is 12.6. The zero-order chi connectivity index (χ0) is 21.0. The first-order valence-corrected chi connectivity index (χ1v) is 11.5. The minimum atomic E-state index is -3.82. The molecule has 29 heavy (non-hydrogen) atoms. The highest BCUT2D eigenvalue weighted by Crippen LogP contribution is 2.23. The standard InChI is InChI=1S/C18H22N4O5S2/c19-29(26,27)14-3-1-13(2-4-14)16(24)21-18-20-15(11-28-18)17(25)22-8-5-12(6-9-22)7-10-23/h1-4,11-12,23H,5-10H2,(H2,19,26,27)(H,20,21,24). The molecule has 1 aromatic carbocycles. The minimum absolute atomic E-state index is 0.0843. The van der Waals surface area contributed by atoms with Gasteiger partial charge in [0.15, 0.2) is 5.13 Å². The van der Waals surface area contributed by atoms with Crippen LogP contribution in [0.1, 0.15) is 40.1 Å². The number of aromatic nitrogens is 1. The predicted molar refractivity (Wildman–Crippen MR) is 108 cm³/mol. The molecule has 0 spiro atoms. The van der Waals surface area contributed by atoms with Crippen LogP contribution in [0.5, 0.6) is 0 Å². The number of amides is 2. The van der Waals surface area contributed by atoms with Crippen LogP contribution in [0.25, 0.3) is 0 Å². The lowest BCUT2D eigenvalue weighted by atomic mass is 9.94. The van der Waals surface area contributed by atoms with E-state index >= 15 is 0 Å². The van der Waals surface area contributed by atoms with Crippen molar-refractivity contribution >= 4 is 38.3 Å². The van der Waals surface area contributed by atoms with Crippen LogP contribution in [0, 0.1) is 5.92 Å². The average Bonchev–Trinajstić information content (AvgIpc) is 3.16. The van der Waals surface area contributed by atoms with Gasteiger partial charge in [0.25, 0.3) is 11.8 Å². The number of hydrogen-bond donors (Lipinski definition) is 3. The molecule has 0 radical (unpaired) electrons. The van der Waals surface area contributed by atoms with Gasteiger partial charge in [-0.15, -0.1) is 11.3 Å². The Morgan fingerprint density at radius 2 is 1.90 bits per heavy atom. The maximum atomic E-state index is 12.6. The molecule has 1 fully saturated rings. The number of primary sulfonamides is 1. The summed E-state index contributed by atoms with van der Waals surface area (Å²) in [5.74, 6) is -0.208. The molecule has 156 valence electrons. The fourth-order valence-corrected chi connectivity index (χ4v) is 4.36. The Hall–Kier alpha value is -2.34. The quantitative estimate of drug-likeness (QED) is 0.620. The summed E-state index contributed by atoms with van der Waals surface area (Å²) in [6.07, 6.45) is 2.47. The minimum Gasteiger partial charge on any atom is -0.396 e. The van der Waals surface area contributed by atoms with Crippen molar-refractivity contribution in [1.82, 2.24) is 9.88 Å². The van der Waals surface area contributed by atoms with E-state index in [1.807, 2.05) is 0 Å². The normalized spacial score (nSPS) is 15.3. The van der Waals surface area contributed by atoms with Crippen molar-refractivity contribution in [3.05, 3.63) is 40.9 Å². The third-order valence-corrected chi connectivity index (χ3v) is 6.51. The number of nitrogens with two attached hydrogens (primary N) is 1. The molecule has 1 aliphatic rings. The fraction of sp³-hybridized carbons (Fsp3) is 0.389. The van der Waals surface area contributed by atoms with E-state index in [0.717, 1.165) is 30.6 Å². The highest BCUT2D eigenvalue weighted by Gasteiger charge is 2.25. The number of aliphatic hydroxyl groups excluding tert-OH is 1. The maximum Gasteiger partial charge on any atom is 0.273 e. The van der Waals surface area contributed by atoms with E-state index < -0.39 is 15.9 Å². The largest absolute Gasteiger partial charge is 0.396 e. The van der Waals surface area contributed by atoms with Crippen LogP contribution in [-0.2, 0) is 10.0 Å². The van der Waals surface area contributed by atoms with Gasteiger partial charge in [-0.1, -0.05) is 0 Å². The summed E-state index contributed by atoms with van der Waals surface area (Å²) in [5.41, 5.74) is 0.516. The summed E-state index contributed by atoms with van der Waals surface area (Å²) in [7, 11) is -3.82. The van der Waals surface area contributed by atoms with Crippen LogP contribution in [0.15, 0.2) is 34.5 Å². The molecule has 2 aromatic rings. The number of benzene rings is 1. The van der Waals surface area contributed by atoms with E-state index in [1.54, 1.807) is 10.3 Å². The summed E-state index contributed by atoms with van der Waals surface area (Å²) in [5, 5.41) is 18.5. The molecule has 2 heterocycles. The van der Waals surface area contributed by atoms with Crippen molar-refractivity contribution in [2.75, 3.05) is 25.0 Å². The van der Waals surface area contributed by atoms with Crippen LogP contribution < -0.4 is 10.5 Å². The lowest BCUT2D eigenvalue weighted by Crippen LogP contribution is -2.38. The van der Waals surface area contributed by atoms with Gasteiger partial charge in [-0.2, -0.15) is 0 Å². The summed E-state index contributed by atoms with van der Waals surface area (Å²) < 4.78 is 22.5. The van der Waals surface area contributed by atoms with Gasteiger partial charge in [0, 0.05) is 30.6 Å². The molecule has 1 aliphatic heterocycles. The van der Waals surface area contributed by atoms with E-state index in [0.29, 0.717) is 19.0 Å². The van der Waals surface area contributed by atoms with Crippen LogP contribution in [0.4, 0.5) is 5.13 Å². The second-order valence-corrected chi connectivity index (χ2v) is 9.23. The Bertz CT molecular complexity index is 980. The van der Waals surface area contributed by atoms with Gasteiger partial charge in [0.2, 0.25) is 10.0 Å². The second-order valence-electron chi connectivity index (χ2n) is 6.81. The number of carbonyl (C=O) groups excluding carboxylic acids is 2. The van der Waals surface area contributed by atoms with Crippen molar-refractivity contribution < 1.29 is 23.1 Å². The van der Waals surface area contributed by atoms with Crippen molar-refractivity contribution in [3.8, 4) is 0 Å². The molecule has 0 atom stereocenters. The highest BCUT2D eigenvalue weighted by molar-refractivity contribution is 7.89. The van der Waals surface area contributed by atoms with E-state index in [9.17, 15) is 18.0 Å². The average molecular weight is 439 g/mol. The summed E-state index contributed by atoms with van der Waals surface area (Å²) in [4.78, 5) is 30.8. The molecule has 9 nitrogen and oxygen atoms in total. The van der Waals surface area contributed by atoms with Gasteiger partial charge < -0.3 is 10.0 Å². The first kappa shape index (κ1) is 21.4. The molecule has 1 saturated heterocycles. The Morgan fingerprint density at radius 3 is 2.48 bits per heavy atom. The zero-order valence-corrected chi connectivity index (χ0v) is 17.2. The first-order chi connectivity index (χ1) is 13.8. The van der Waals surface area contributed by atoms with Crippen molar-refractivity contribution in [2.24, 2.45) is 11.1 Å².